The molecule has 1 aromatic heterocycles. The minimum atomic E-state index is 0.304. The first kappa shape index (κ1) is 14.3. The fourth-order valence-electron chi connectivity index (χ4n) is 1.66. The van der Waals surface area contributed by atoms with Crippen molar-refractivity contribution in [1.82, 2.24) is 9.97 Å². The molecule has 0 aliphatic carbocycles. The Morgan fingerprint density at radius 2 is 1.80 bits per heavy atom. The molecular formula is C15H19N3O2. The van der Waals surface area contributed by atoms with E-state index in [9.17, 15) is 0 Å². The van der Waals surface area contributed by atoms with Crippen molar-refractivity contribution in [2.45, 2.75) is 19.8 Å². The first-order valence-electron chi connectivity index (χ1n) is 6.74. The lowest BCUT2D eigenvalue weighted by atomic mass is 10.2. The minimum Gasteiger partial charge on any atom is -0.490 e. The lowest BCUT2D eigenvalue weighted by Gasteiger charge is -2.10. The summed E-state index contributed by atoms with van der Waals surface area (Å²) in [6.45, 7) is 3.29. The molecule has 0 atom stereocenters. The molecule has 2 aromatic rings. The molecule has 0 bridgehead atoms. The van der Waals surface area contributed by atoms with E-state index in [1.165, 1.54) is 0 Å². The maximum absolute atomic E-state index is 5.66. The number of hydrogen-bond acceptors (Lipinski definition) is 5. The Kier molecular flexibility index (Phi) is 5.32. The van der Waals surface area contributed by atoms with Gasteiger partial charge in [-0.2, -0.15) is 0 Å². The van der Waals surface area contributed by atoms with Crippen LogP contribution in [0.2, 0.25) is 0 Å². The summed E-state index contributed by atoms with van der Waals surface area (Å²) in [5.41, 5.74) is 6.48. The van der Waals surface area contributed by atoms with Crippen LogP contribution in [0.1, 0.15) is 18.9 Å². The van der Waals surface area contributed by atoms with Gasteiger partial charge in [0.05, 0.1) is 6.61 Å². The molecule has 0 radical (unpaired) electrons. The van der Waals surface area contributed by atoms with E-state index in [0.29, 0.717) is 30.7 Å². The molecule has 0 spiro atoms. The summed E-state index contributed by atoms with van der Waals surface area (Å²) in [5.74, 6) is 1.32. The average Bonchev–Trinajstić information content (AvgIpc) is 2.49. The van der Waals surface area contributed by atoms with Gasteiger partial charge in [-0.3, -0.25) is 0 Å². The highest BCUT2D eigenvalue weighted by Crippen LogP contribution is 2.29. The van der Waals surface area contributed by atoms with Gasteiger partial charge in [-0.15, -0.1) is 0 Å². The molecule has 0 aliphatic rings. The van der Waals surface area contributed by atoms with Crippen LogP contribution in [-0.4, -0.2) is 23.1 Å². The summed E-state index contributed by atoms with van der Waals surface area (Å²) in [5, 5.41) is 0. The van der Waals surface area contributed by atoms with E-state index in [0.717, 1.165) is 18.4 Å². The van der Waals surface area contributed by atoms with Crippen molar-refractivity contribution >= 4 is 0 Å². The van der Waals surface area contributed by atoms with Gasteiger partial charge in [0, 0.05) is 12.4 Å². The van der Waals surface area contributed by atoms with Gasteiger partial charge < -0.3 is 15.2 Å². The van der Waals surface area contributed by atoms with E-state index in [2.05, 4.69) is 16.9 Å². The summed E-state index contributed by atoms with van der Waals surface area (Å²) in [6.07, 6.45) is 5.16. The van der Waals surface area contributed by atoms with Crippen LogP contribution in [0.4, 0.5) is 0 Å². The van der Waals surface area contributed by atoms with Gasteiger partial charge in [-0.25, -0.2) is 9.97 Å². The predicted molar refractivity (Wildman–Crippen MR) is 77.1 cm³/mol. The zero-order chi connectivity index (χ0) is 14.2. The molecular weight excluding hydrogens is 254 g/mol. The van der Waals surface area contributed by atoms with Crippen molar-refractivity contribution in [2.75, 3.05) is 13.2 Å². The van der Waals surface area contributed by atoms with Crippen molar-refractivity contribution in [3.05, 3.63) is 42.2 Å². The van der Waals surface area contributed by atoms with Gasteiger partial charge in [-0.1, -0.05) is 19.1 Å². The van der Waals surface area contributed by atoms with Crippen molar-refractivity contribution in [2.24, 2.45) is 5.73 Å². The Balaban J connectivity index is 2.08. The Bertz CT molecular complexity index is 529. The van der Waals surface area contributed by atoms with Crippen LogP contribution in [0.5, 0.6) is 17.5 Å². The summed E-state index contributed by atoms with van der Waals surface area (Å²) in [7, 11) is 0. The van der Waals surface area contributed by atoms with Gasteiger partial charge in [-0.05, 0) is 37.1 Å². The second kappa shape index (κ2) is 7.45. The predicted octanol–water partition coefficient (Wildman–Crippen LogP) is 2.56. The largest absolute Gasteiger partial charge is 0.490 e. The van der Waals surface area contributed by atoms with Crippen LogP contribution in [0, 0.1) is 0 Å². The molecule has 0 aliphatic heterocycles. The summed E-state index contributed by atoms with van der Waals surface area (Å²) in [4.78, 5) is 8.34. The van der Waals surface area contributed by atoms with Crippen LogP contribution >= 0.6 is 0 Å². The normalized spacial score (nSPS) is 10.3. The van der Waals surface area contributed by atoms with E-state index >= 15 is 0 Å². The second-order valence-electron chi connectivity index (χ2n) is 4.31. The second-order valence-corrected chi connectivity index (χ2v) is 4.31. The molecule has 20 heavy (non-hydrogen) atoms. The Labute approximate surface area is 118 Å². The van der Waals surface area contributed by atoms with Crippen LogP contribution in [0.15, 0.2) is 36.7 Å². The summed E-state index contributed by atoms with van der Waals surface area (Å²) < 4.78 is 11.3. The third-order valence-corrected chi connectivity index (χ3v) is 2.63. The van der Waals surface area contributed by atoms with Gasteiger partial charge in [0.25, 0.3) is 0 Å². The van der Waals surface area contributed by atoms with Crippen LogP contribution in [-0.2, 0) is 6.42 Å². The van der Waals surface area contributed by atoms with E-state index in [1.807, 2.05) is 24.3 Å². The SMILES string of the molecule is CCCOc1ccccc1Oc1ncc(CCN)cn1. The molecule has 0 amide bonds. The molecule has 0 saturated carbocycles. The first-order valence-corrected chi connectivity index (χ1v) is 6.74. The van der Waals surface area contributed by atoms with Crippen molar-refractivity contribution in [1.29, 1.82) is 0 Å². The number of rotatable bonds is 7. The van der Waals surface area contributed by atoms with Crippen LogP contribution in [0.3, 0.4) is 0 Å². The molecule has 5 nitrogen and oxygen atoms in total. The first-order chi connectivity index (χ1) is 9.83. The van der Waals surface area contributed by atoms with Crippen LogP contribution < -0.4 is 15.2 Å². The highest BCUT2D eigenvalue weighted by molar-refractivity contribution is 5.40. The molecule has 2 rings (SSSR count). The van der Waals surface area contributed by atoms with E-state index < -0.39 is 0 Å². The van der Waals surface area contributed by atoms with Gasteiger partial charge in [0.2, 0.25) is 0 Å². The Hall–Kier alpha value is -2.14. The number of nitrogens with two attached hydrogens (primary N) is 1. The standard InChI is InChI=1S/C15H19N3O2/c1-2-9-19-13-5-3-4-6-14(13)20-15-17-10-12(7-8-16)11-18-15/h3-6,10-11H,2,7-9,16H2,1H3. The molecule has 2 N–H and O–H groups in total. The maximum atomic E-state index is 5.66. The average molecular weight is 273 g/mol. The monoisotopic (exact) mass is 273 g/mol. The molecule has 0 unspecified atom stereocenters. The molecule has 1 heterocycles. The zero-order valence-corrected chi connectivity index (χ0v) is 11.6. The number of hydrogen-bond donors (Lipinski definition) is 1. The quantitative estimate of drug-likeness (QED) is 0.839. The Morgan fingerprint density at radius 1 is 1.10 bits per heavy atom. The number of benzene rings is 1. The van der Waals surface area contributed by atoms with Crippen molar-refractivity contribution in [3.8, 4) is 17.5 Å². The topological polar surface area (TPSA) is 70.3 Å². The molecule has 5 heteroatoms. The fraction of sp³-hybridized carbons (Fsp3) is 0.333. The van der Waals surface area contributed by atoms with Gasteiger partial charge in [0.15, 0.2) is 11.5 Å². The third kappa shape index (κ3) is 3.93. The van der Waals surface area contributed by atoms with Gasteiger partial charge in [0.1, 0.15) is 0 Å². The molecule has 0 saturated heterocycles. The number of aromatic nitrogens is 2. The number of para-hydroxylation sites is 2. The van der Waals surface area contributed by atoms with E-state index in [-0.39, 0.29) is 0 Å². The lowest BCUT2D eigenvalue weighted by molar-refractivity contribution is 0.299. The highest BCUT2D eigenvalue weighted by atomic mass is 16.5. The van der Waals surface area contributed by atoms with Gasteiger partial charge >= 0.3 is 6.01 Å². The fourth-order valence-corrected chi connectivity index (χ4v) is 1.66. The third-order valence-electron chi connectivity index (χ3n) is 2.63. The smallest absolute Gasteiger partial charge is 0.322 e. The highest BCUT2D eigenvalue weighted by Gasteiger charge is 2.07. The number of ether oxygens (including phenoxy) is 2. The number of nitrogens with zero attached hydrogens (tertiary/aromatic N) is 2. The molecule has 106 valence electrons. The minimum absolute atomic E-state index is 0.304. The maximum Gasteiger partial charge on any atom is 0.322 e. The zero-order valence-electron chi connectivity index (χ0n) is 11.6. The lowest BCUT2D eigenvalue weighted by Crippen LogP contribution is -2.04. The van der Waals surface area contributed by atoms with Crippen molar-refractivity contribution in [3.63, 3.8) is 0 Å². The van der Waals surface area contributed by atoms with E-state index in [1.54, 1.807) is 12.4 Å². The van der Waals surface area contributed by atoms with Crippen molar-refractivity contribution < 1.29 is 9.47 Å². The van der Waals surface area contributed by atoms with Crippen LogP contribution in [0.25, 0.3) is 0 Å². The summed E-state index contributed by atoms with van der Waals surface area (Å²) in [6, 6.07) is 7.80. The molecule has 1 aromatic carbocycles. The van der Waals surface area contributed by atoms with E-state index in [4.69, 9.17) is 15.2 Å². The molecule has 0 fully saturated rings. The summed E-state index contributed by atoms with van der Waals surface area (Å²) >= 11 is 0. The Morgan fingerprint density at radius 3 is 2.45 bits per heavy atom.